The molecule has 5 nitrogen and oxygen atoms in total. The fraction of sp³-hybridized carbons (Fsp3) is 0.0909. The van der Waals surface area contributed by atoms with Crippen molar-refractivity contribution < 1.29 is 13.6 Å². The Kier molecular flexibility index (Phi) is 5.39. The zero-order chi connectivity index (χ0) is 20.2. The molecule has 0 aliphatic rings. The summed E-state index contributed by atoms with van der Waals surface area (Å²) in [7, 11) is 0. The standard InChI is InChI=1S/C22H18FN3O2S/c1-14-12-17(22(29-14)26-21(27)18-8-5-11-28-18)20(15-6-4-7-16(23)13-15)25-19-9-2-3-10-24-19/h2-13,20H,1H3,(H,24,25)(H,26,27)/t20-/m0/s1. The molecular weight excluding hydrogens is 389 g/mol. The molecule has 0 unspecified atom stereocenters. The molecule has 0 radical (unpaired) electrons. The Hall–Kier alpha value is -3.45. The van der Waals surface area contributed by atoms with Crippen molar-refractivity contribution >= 4 is 28.1 Å². The number of anilines is 2. The number of benzene rings is 1. The van der Waals surface area contributed by atoms with Crippen LogP contribution in [0.25, 0.3) is 0 Å². The second-order valence-electron chi connectivity index (χ2n) is 6.42. The number of nitrogens with one attached hydrogen (secondary N) is 2. The molecule has 3 aromatic heterocycles. The van der Waals surface area contributed by atoms with Crippen LogP contribution in [-0.4, -0.2) is 10.9 Å². The van der Waals surface area contributed by atoms with Gasteiger partial charge in [-0.3, -0.25) is 4.79 Å². The molecule has 1 atom stereocenters. The number of hydrogen-bond acceptors (Lipinski definition) is 5. The monoisotopic (exact) mass is 407 g/mol. The average Bonchev–Trinajstić information content (AvgIpc) is 3.37. The van der Waals surface area contributed by atoms with Crippen LogP contribution in [0.15, 0.2) is 77.5 Å². The second kappa shape index (κ2) is 8.28. The lowest BCUT2D eigenvalue weighted by molar-refractivity contribution is 0.0997. The van der Waals surface area contributed by atoms with E-state index in [2.05, 4.69) is 15.6 Å². The van der Waals surface area contributed by atoms with Crippen molar-refractivity contribution in [2.24, 2.45) is 0 Å². The van der Waals surface area contributed by atoms with Gasteiger partial charge in [0.05, 0.1) is 12.3 Å². The van der Waals surface area contributed by atoms with Crippen molar-refractivity contribution in [2.75, 3.05) is 10.6 Å². The number of pyridine rings is 1. The van der Waals surface area contributed by atoms with Crippen LogP contribution in [0, 0.1) is 12.7 Å². The third-order valence-electron chi connectivity index (χ3n) is 4.31. The van der Waals surface area contributed by atoms with Crippen LogP contribution >= 0.6 is 11.3 Å². The number of nitrogens with zero attached hydrogens (tertiary/aromatic N) is 1. The molecule has 29 heavy (non-hydrogen) atoms. The van der Waals surface area contributed by atoms with Crippen LogP contribution in [-0.2, 0) is 0 Å². The third-order valence-corrected chi connectivity index (χ3v) is 5.29. The molecule has 0 fully saturated rings. The average molecular weight is 407 g/mol. The van der Waals surface area contributed by atoms with E-state index in [1.807, 2.05) is 37.3 Å². The fourth-order valence-electron chi connectivity index (χ4n) is 3.04. The van der Waals surface area contributed by atoms with Crippen LogP contribution in [0.4, 0.5) is 15.2 Å². The van der Waals surface area contributed by atoms with Gasteiger partial charge in [0.1, 0.15) is 16.6 Å². The maximum absolute atomic E-state index is 14.0. The first-order valence-corrected chi connectivity index (χ1v) is 9.80. The first-order valence-electron chi connectivity index (χ1n) is 8.98. The molecule has 0 saturated carbocycles. The number of amides is 1. The molecule has 1 amide bonds. The molecule has 3 heterocycles. The molecule has 0 bridgehead atoms. The summed E-state index contributed by atoms with van der Waals surface area (Å²) in [6, 6.07) is 16.8. The quantitative estimate of drug-likeness (QED) is 0.434. The first-order chi connectivity index (χ1) is 14.1. The van der Waals surface area contributed by atoms with Crippen molar-refractivity contribution in [1.29, 1.82) is 0 Å². The molecule has 146 valence electrons. The van der Waals surface area contributed by atoms with E-state index in [0.717, 1.165) is 16.0 Å². The number of halogens is 1. The number of carbonyl (C=O) groups is 1. The second-order valence-corrected chi connectivity index (χ2v) is 7.68. The van der Waals surface area contributed by atoms with Gasteiger partial charge in [-0.05, 0) is 55.0 Å². The molecule has 4 rings (SSSR count). The highest BCUT2D eigenvalue weighted by Crippen LogP contribution is 2.37. The Morgan fingerprint density at radius 3 is 2.76 bits per heavy atom. The minimum Gasteiger partial charge on any atom is -0.459 e. The summed E-state index contributed by atoms with van der Waals surface area (Å²) in [6.45, 7) is 1.96. The summed E-state index contributed by atoms with van der Waals surface area (Å²) in [5.74, 6) is 0.202. The van der Waals surface area contributed by atoms with Gasteiger partial charge in [0.15, 0.2) is 5.76 Å². The minimum atomic E-state index is -0.405. The van der Waals surface area contributed by atoms with Gasteiger partial charge >= 0.3 is 0 Å². The number of hydrogen-bond donors (Lipinski definition) is 2. The van der Waals surface area contributed by atoms with Crippen molar-refractivity contribution in [3.8, 4) is 0 Å². The molecule has 2 N–H and O–H groups in total. The largest absolute Gasteiger partial charge is 0.459 e. The van der Waals surface area contributed by atoms with Gasteiger partial charge in [-0.2, -0.15) is 0 Å². The molecule has 4 aromatic rings. The third kappa shape index (κ3) is 4.35. The first kappa shape index (κ1) is 18.9. The maximum Gasteiger partial charge on any atom is 0.291 e. The SMILES string of the molecule is Cc1cc([C@@H](Nc2ccccn2)c2cccc(F)c2)c(NC(=O)c2ccco2)s1. The summed E-state index contributed by atoms with van der Waals surface area (Å²) in [5.41, 5.74) is 1.55. The van der Waals surface area contributed by atoms with Gasteiger partial charge in [0.2, 0.25) is 0 Å². The van der Waals surface area contributed by atoms with E-state index < -0.39 is 6.04 Å². The van der Waals surface area contributed by atoms with Crippen molar-refractivity contribution in [2.45, 2.75) is 13.0 Å². The van der Waals surface area contributed by atoms with Gasteiger partial charge < -0.3 is 15.1 Å². The normalized spacial score (nSPS) is 11.8. The fourth-order valence-corrected chi connectivity index (χ4v) is 3.99. The Balaban J connectivity index is 1.73. The Morgan fingerprint density at radius 2 is 2.03 bits per heavy atom. The molecule has 0 saturated heterocycles. The minimum absolute atomic E-state index is 0.224. The smallest absolute Gasteiger partial charge is 0.291 e. The Labute approximate surface area is 171 Å². The van der Waals surface area contributed by atoms with E-state index in [9.17, 15) is 9.18 Å². The number of aromatic nitrogens is 1. The number of aryl methyl sites for hydroxylation is 1. The lowest BCUT2D eigenvalue weighted by Gasteiger charge is -2.21. The number of rotatable bonds is 6. The van der Waals surface area contributed by atoms with Crippen molar-refractivity contribution in [1.82, 2.24) is 4.98 Å². The van der Waals surface area contributed by atoms with E-state index in [-0.39, 0.29) is 17.5 Å². The Bertz CT molecular complexity index is 1110. The lowest BCUT2D eigenvalue weighted by atomic mass is 9.99. The molecule has 0 aliphatic carbocycles. The lowest BCUT2D eigenvalue weighted by Crippen LogP contribution is -2.17. The van der Waals surface area contributed by atoms with Crippen LogP contribution < -0.4 is 10.6 Å². The molecular formula is C22H18FN3O2S. The number of carbonyl (C=O) groups excluding carboxylic acids is 1. The van der Waals surface area contributed by atoms with Gasteiger partial charge in [-0.25, -0.2) is 9.37 Å². The van der Waals surface area contributed by atoms with Crippen molar-refractivity contribution in [3.05, 3.63) is 101 Å². The molecule has 0 aliphatic heterocycles. The van der Waals surface area contributed by atoms with Gasteiger partial charge in [0.25, 0.3) is 5.91 Å². The highest BCUT2D eigenvalue weighted by atomic mass is 32.1. The molecule has 1 aromatic carbocycles. The molecule has 7 heteroatoms. The van der Waals surface area contributed by atoms with E-state index >= 15 is 0 Å². The topological polar surface area (TPSA) is 67.2 Å². The van der Waals surface area contributed by atoms with E-state index in [1.165, 1.54) is 29.7 Å². The highest BCUT2D eigenvalue weighted by Gasteiger charge is 2.23. The summed E-state index contributed by atoms with van der Waals surface area (Å²) in [6.07, 6.45) is 3.14. The predicted octanol–water partition coefficient (Wildman–Crippen LogP) is 5.64. The zero-order valence-corrected chi connectivity index (χ0v) is 16.4. The van der Waals surface area contributed by atoms with Gasteiger partial charge in [-0.1, -0.05) is 18.2 Å². The van der Waals surface area contributed by atoms with E-state index in [1.54, 1.807) is 24.4 Å². The summed E-state index contributed by atoms with van der Waals surface area (Å²) in [4.78, 5) is 17.9. The van der Waals surface area contributed by atoms with Crippen LogP contribution in [0.5, 0.6) is 0 Å². The Morgan fingerprint density at radius 1 is 1.14 bits per heavy atom. The number of furan rings is 1. The van der Waals surface area contributed by atoms with Gasteiger partial charge in [0, 0.05) is 16.6 Å². The highest BCUT2D eigenvalue weighted by molar-refractivity contribution is 7.16. The summed E-state index contributed by atoms with van der Waals surface area (Å²) in [5, 5.41) is 6.94. The van der Waals surface area contributed by atoms with Crippen LogP contribution in [0.1, 0.15) is 32.6 Å². The van der Waals surface area contributed by atoms with Crippen molar-refractivity contribution in [3.63, 3.8) is 0 Å². The molecule has 0 spiro atoms. The van der Waals surface area contributed by atoms with Crippen LogP contribution in [0.2, 0.25) is 0 Å². The number of thiophene rings is 1. The van der Waals surface area contributed by atoms with E-state index in [0.29, 0.717) is 10.8 Å². The van der Waals surface area contributed by atoms with Crippen LogP contribution in [0.3, 0.4) is 0 Å². The summed E-state index contributed by atoms with van der Waals surface area (Å²) < 4.78 is 19.1. The maximum atomic E-state index is 14.0. The van der Waals surface area contributed by atoms with E-state index in [4.69, 9.17) is 4.42 Å². The van der Waals surface area contributed by atoms with Gasteiger partial charge in [-0.15, -0.1) is 11.3 Å². The zero-order valence-electron chi connectivity index (χ0n) is 15.6. The summed E-state index contributed by atoms with van der Waals surface area (Å²) >= 11 is 1.45. The predicted molar refractivity (Wildman–Crippen MR) is 112 cm³/mol.